The standard InChI is InChI=1S/C16H18O3/c1-9-7-13-11(3)15-14(8-10(2)18-15)12(5-4-6-17)16(13)19-9/h7-8,17H,4-6H2,1-3H3. The Balaban J connectivity index is 2.40. The maximum Gasteiger partial charge on any atom is 0.138 e. The molecule has 0 aliphatic rings. The van der Waals surface area contributed by atoms with Crippen molar-refractivity contribution < 1.29 is 13.9 Å². The summed E-state index contributed by atoms with van der Waals surface area (Å²) in [4.78, 5) is 0. The van der Waals surface area contributed by atoms with Gasteiger partial charge in [0.2, 0.25) is 0 Å². The first-order valence-electron chi connectivity index (χ1n) is 6.64. The Morgan fingerprint density at radius 3 is 2.26 bits per heavy atom. The topological polar surface area (TPSA) is 46.5 Å². The number of benzene rings is 1. The Labute approximate surface area is 111 Å². The average molecular weight is 258 g/mol. The number of aliphatic hydroxyl groups excluding tert-OH is 1. The summed E-state index contributed by atoms with van der Waals surface area (Å²) in [6.07, 6.45) is 1.53. The third-order valence-corrected chi connectivity index (χ3v) is 3.64. The van der Waals surface area contributed by atoms with Gasteiger partial charge in [0, 0.05) is 28.5 Å². The van der Waals surface area contributed by atoms with Crippen molar-refractivity contribution >= 4 is 21.9 Å². The predicted octanol–water partition coefficient (Wildman–Crippen LogP) is 4.03. The van der Waals surface area contributed by atoms with Gasteiger partial charge in [-0.1, -0.05) is 0 Å². The Kier molecular flexibility index (Phi) is 2.86. The van der Waals surface area contributed by atoms with Crippen molar-refractivity contribution in [3.63, 3.8) is 0 Å². The summed E-state index contributed by atoms with van der Waals surface area (Å²) in [5.74, 6) is 1.82. The molecule has 0 radical (unpaired) electrons. The van der Waals surface area contributed by atoms with E-state index in [0.717, 1.165) is 57.4 Å². The van der Waals surface area contributed by atoms with Gasteiger partial charge >= 0.3 is 0 Å². The fourth-order valence-corrected chi connectivity index (χ4v) is 2.78. The van der Waals surface area contributed by atoms with Gasteiger partial charge in [0.05, 0.1) is 0 Å². The van der Waals surface area contributed by atoms with Crippen molar-refractivity contribution in [1.82, 2.24) is 0 Å². The summed E-state index contributed by atoms with van der Waals surface area (Å²) in [5.41, 5.74) is 4.16. The highest BCUT2D eigenvalue weighted by molar-refractivity contribution is 6.01. The maximum atomic E-state index is 9.08. The highest BCUT2D eigenvalue weighted by Crippen LogP contribution is 2.36. The van der Waals surface area contributed by atoms with E-state index in [9.17, 15) is 0 Å². The van der Waals surface area contributed by atoms with Crippen LogP contribution in [0.4, 0.5) is 0 Å². The van der Waals surface area contributed by atoms with Crippen molar-refractivity contribution in [3.05, 3.63) is 34.8 Å². The van der Waals surface area contributed by atoms with Crippen LogP contribution in [0.25, 0.3) is 21.9 Å². The first kappa shape index (κ1) is 12.3. The molecule has 3 rings (SSSR count). The molecule has 3 nitrogen and oxygen atoms in total. The van der Waals surface area contributed by atoms with Crippen LogP contribution in [0.5, 0.6) is 0 Å². The number of rotatable bonds is 3. The molecule has 19 heavy (non-hydrogen) atoms. The molecule has 1 aromatic carbocycles. The second kappa shape index (κ2) is 4.42. The van der Waals surface area contributed by atoms with Gasteiger partial charge < -0.3 is 13.9 Å². The van der Waals surface area contributed by atoms with E-state index in [4.69, 9.17) is 13.9 Å². The molecule has 1 N–H and O–H groups in total. The first-order valence-corrected chi connectivity index (χ1v) is 6.64. The van der Waals surface area contributed by atoms with Gasteiger partial charge in [0.1, 0.15) is 22.7 Å². The molecule has 0 saturated carbocycles. The Hall–Kier alpha value is -1.74. The number of hydrogen-bond acceptors (Lipinski definition) is 3. The quantitative estimate of drug-likeness (QED) is 0.771. The lowest BCUT2D eigenvalue weighted by atomic mass is 9.99. The molecule has 100 valence electrons. The smallest absolute Gasteiger partial charge is 0.138 e. The van der Waals surface area contributed by atoms with E-state index in [2.05, 4.69) is 19.1 Å². The lowest BCUT2D eigenvalue weighted by molar-refractivity contribution is 0.288. The summed E-state index contributed by atoms with van der Waals surface area (Å²) in [6, 6.07) is 4.12. The molecule has 0 spiro atoms. The lowest BCUT2D eigenvalue weighted by Crippen LogP contribution is -1.92. The third-order valence-electron chi connectivity index (χ3n) is 3.64. The summed E-state index contributed by atoms with van der Waals surface area (Å²) >= 11 is 0. The number of aryl methyl sites for hydroxylation is 4. The third kappa shape index (κ3) is 1.85. The van der Waals surface area contributed by atoms with Gasteiger partial charge in [-0.15, -0.1) is 0 Å². The van der Waals surface area contributed by atoms with Crippen molar-refractivity contribution in [3.8, 4) is 0 Å². The van der Waals surface area contributed by atoms with Crippen molar-refractivity contribution in [2.45, 2.75) is 33.6 Å². The largest absolute Gasteiger partial charge is 0.461 e. The number of furan rings is 2. The predicted molar refractivity (Wildman–Crippen MR) is 75.6 cm³/mol. The summed E-state index contributed by atoms with van der Waals surface area (Å²) in [6.45, 7) is 6.18. The van der Waals surface area contributed by atoms with Crippen LogP contribution >= 0.6 is 0 Å². The van der Waals surface area contributed by atoms with Gasteiger partial charge in [0.15, 0.2) is 0 Å². The Morgan fingerprint density at radius 1 is 0.947 bits per heavy atom. The van der Waals surface area contributed by atoms with Crippen LogP contribution in [0.2, 0.25) is 0 Å². The van der Waals surface area contributed by atoms with Gasteiger partial charge in [-0.05, 0) is 45.7 Å². The minimum atomic E-state index is 0.188. The zero-order chi connectivity index (χ0) is 13.6. The molecule has 0 atom stereocenters. The second-order valence-corrected chi connectivity index (χ2v) is 5.13. The van der Waals surface area contributed by atoms with Crippen molar-refractivity contribution in [2.75, 3.05) is 6.61 Å². The molecular weight excluding hydrogens is 240 g/mol. The average Bonchev–Trinajstić information content (AvgIpc) is 2.93. The minimum absolute atomic E-state index is 0.188. The molecule has 3 aromatic rings. The van der Waals surface area contributed by atoms with Gasteiger partial charge in [-0.2, -0.15) is 0 Å². The van der Waals surface area contributed by atoms with Crippen LogP contribution in [-0.2, 0) is 6.42 Å². The van der Waals surface area contributed by atoms with E-state index in [1.807, 2.05) is 13.8 Å². The number of aliphatic hydroxyl groups is 1. The molecule has 3 heteroatoms. The molecule has 0 amide bonds. The van der Waals surface area contributed by atoms with E-state index < -0.39 is 0 Å². The molecule has 0 fully saturated rings. The molecule has 2 heterocycles. The van der Waals surface area contributed by atoms with Crippen LogP contribution < -0.4 is 0 Å². The molecule has 0 unspecified atom stereocenters. The summed E-state index contributed by atoms with van der Waals surface area (Å²) < 4.78 is 11.7. The second-order valence-electron chi connectivity index (χ2n) is 5.13. The monoisotopic (exact) mass is 258 g/mol. The lowest BCUT2D eigenvalue weighted by Gasteiger charge is -2.06. The molecular formula is C16H18O3. The van der Waals surface area contributed by atoms with Gasteiger partial charge in [-0.25, -0.2) is 0 Å². The highest BCUT2D eigenvalue weighted by atomic mass is 16.3. The Morgan fingerprint density at radius 2 is 1.58 bits per heavy atom. The maximum absolute atomic E-state index is 9.08. The highest BCUT2D eigenvalue weighted by Gasteiger charge is 2.17. The van der Waals surface area contributed by atoms with E-state index in [1.165, 1.54) is 0 Å². The van der Waals surface area contributed by atoms with E-state index in [1.54, 1.807) is 0 Å². The molecule has 0 aliphatic carbocycles. The summed E-state index contributed by atoms with van der Waals surface area (Å²) in [5, 5.41) is 11.3. The van der Waals surface area contributed by atoms with Crippen LogP contribution in [0.3, 0.4) is 0 Å². The van der Waals surface area contributed by atoms with Crippen molar-refractivity contribution in [2.24, 2.45) is 0 Å². The van der Waals surface area contributed by atoms with Gasteiger partial charge in [0.25, 0.3) is 0 Å². The van der Waals surface area contributed by atoms with Gasteiger partial charge in [-0.3, -0.25) is 0 Å². The molecule has 2 aromatic heterocycles. The fraction of sp³-hybridized carbons (Fsp3) is 0.375. The first-order chi connectivity index (χ1) is 9.11. The van der Waals surface area contributed by atoms with E-state index in [-0.39, 0.29) is 6.61 Å². The van der Waals surface area contributed by atoms with Crippen LogP contribution in [0, 0.1) is 20.8 Å². The normalized spacial score (nSPS) is 11.8. The zero-order valence-corrected chi connectivity index (χ0v) is 11.5. The van der Waals surface area contributed by atoms with Crippen LogP contribution in [0.15, 0.2) is 21.0 Å². The summed E-state index contributed by atoms with van der Waals surface area (Å²) in [7, 11) is 0. The molecule has 0 saturated heterocycles. The Bertz CT molecular complexity index is 689. The van der Waals surface area contributed by atoms with Crippen LogP contribution in [0.1, 0.15) is 29.1 Å². The van der Waals surface area contributed by atoms with Crippen molar-refractivity contribution in [1.29, 1.82) is 0 Å². The van der Waals surface area contributed by atoms with Crippen LogP contribution in [-0.4, -0.2) is 11.7 Å². The number of fused-ring (bicyclic) bond motifs is 2. The fourth-order valence-electron chi connectivity index (χ4n) is 2.78. The minimum Gasteiger partial charge on any atom is -0.461 e. The SMILES string of the molecule is Cc1cc2c(CCCO)c3oc(C)cc3c(C)c2o1. The molecule has 0 bridgehead atoms. The molecule has 0 aliphatic heterocycles. The van der Waals surface area contributed by atoms with E-state index in [0.29, 0.717) is 0 Å². The van der Waals surface area contributed by atoms with E-state index >= 15 is 0 Å². The number of hydrogen-bond donors (Lipinski definition) is 1. The zero-order valence-electron chi connectivity index (χ0n) is 11.5.